The molecule has 3 aromatic carbocycles. The zero-order chi connectivity index (χ0) is 23.6. The SMILES string of the molecule is Cc1ccc(NS(=O)(=O)c2cc(NC(=O)c3ccc(-n4cnnn4)cc3)ccc2C)c(C)c1. The van der Waals surface area contributed by atoms with Crippen molar-refractivity contribution in [2.24, 2.45) is 0 Å². The molecule has 0 unspecified atom stereocenters. The monoisotopic (exact) mass is 462 g/mol. The molecule has 0 bridgehead atoms. The average Bonchev–Trinajstić information content (AvgIpc) is 3.32. The van der Waals surface area contributed by atoms with Crippen LogP contribution in [-0.4, -0.2) is 34.5 Å². The van der Waals surface area contributed by atoms with Gasteiger partial charge in [0.15, 0.2) is 0 Å². The number of nitrogens with zero attached hydrogens (tertiary/aromatic N) is 4. The Balaban J connectivity index is 1.54. The quantitative estimate of drug-likeness (QED) is 0.452. The van der Waals surface area contributed by atoms with Gasteiger partial charge in [-0.25, -0.2) is 13.1 Å². The van der Waals surface area contributed by atoms with Gasteiger partial charge >= 0.3 is 0 Å². The summed E-state index contributed by atoms with van der Waals surface area (Å²) in [7, 11) is -3.86. The lowest BCUT2D eigenvalue weighted by Crippen LogP contribution is -2.17. The van der Waals surface area contributed by atoms with Gasteiger partial charge in [0.25, 0.3) is 15.9 Å². The fourth-order valence-electron chi connectivity index (χ4n) is 3.34. The largest absolute Gasteiger partial charge is 0.322 e. The van der Waals surface area contributed by atoms with Crippen molar-refractivity contribution in [3.8, 4) is 5.69 Å². The predicted octanol–water partition coefficient (Wildman–Crippen LogP) is 3.64. The molecule has 10 heteroatoms. The molecule has 2 N–H and O–H groups in total. The van der Waals surface area contributed by atoms with Gasteiger partial charge in [-0.05, 0) is 84.8 Å². The number of benzene rings is 3. The summed E-state index contributed by atoms with van der Waals surface area (Å²) >= 11 is 0. The number of carbonyl (C=O) groups is 1. The van der Waals surface area contributed by atoms with E-state index in [1.165, 1.54) is 17.1 Å². The molecule has 33 heavy (non-hydrogen) atoms. The molecule has 4 aromatic rings. The Morgan fingerprint density at radius 3 is 2.33 bits per heavy atom. The number of nitrogens with one attached hydrogen (secondary N) is 2. The average molecular weight is 463 g/mol. The van der Waals surface area contributed by atoms with Gasteiger partial charge < -0.3 is 5.32 Å². The van der Waals surface area contributed by atoms with E-state index < -0.39 is 10.0 Å². The number of aromatic nitrogens is 4. The Morgan fingerprint density at radius 2 is 1.67 bits per heavy atom. The molecular weight excluding hydrogens is 440 g/mol. The zero-order valence-corrected chi connectivity index (χ0v) is 19.1. The van der Waals surface area contributed by atoms with Gasteiger partial charge in [0.1, 0.15) is 6.33 Å². The molecule has 1 amide bonds. The van der Waals surface area contributed by atoms with E-state index in [0.29, 0.717) is 28.2 Å². The van der Waals surface area contributed by atoms with Crippen molar-refractivity contribution in [3.63, 3.8) is 0 Å². The van der Waals surface area contributed by atoms with Crippen LogP contribution in [0.15, 0.2) is 71.9 Å². The Labute approximate surface area is 191 Å². The first kappa shape index (κ1) is 22.2. The summed E-state index contributed by atoms with van der Waals surface area (Å²) in [5.41, 5.74) is 4.43. The zero-order valence-electron chi connectivity index (χ0n) is 18.3. The third-order valence-electron chi connectivity index (χ3n) is 5.10. The lowest BCUT2D eigenvalue weighted by molar-refractivity contribution is 0.102. The molecule has 1 heterocycles. The minimum absolute atomic E-state index is 0.0919. The smallest absolute Gasteiger partial charge is 0.262 e. The second-order valence-electron chi connectivity index (χ2n) is 7.66. The van der Waals surface area contributed by atoms with Crippen LogP contribution in [0.5, 0.6) is 0 Å². The van der Waals surface area contributed by atoms with Crippen molar-refractivity contribution in [3.05, 3.63) is 89.2 Å². The Morgan fingerprint density at radius 1 is 0.909 bits per heavy atom. The molecular formula is C23H22N6O3S. The molecule has 9 nitrogen and oxygen atoms in total. The lowest BCUT2D eigenvalue weighted by atomic mass is 10.1. The third kappa shape index (κ3) is 4.90. The van der Waals surface area contributed by atoms with E-state index in [1.807, 2.05) is 26.0 Å². The van der Waals surface area contributed by atoms with Gasteiger partial charge in [0, 0.05) is 11.3 Å². The summed E-state index contributed by atoms with van der Waals surface area (Å²) in [5.74, 6) is -0.368. The first-order valence-electron chi connectivity index (χ1n) is 10.1. The molecule has 0 atom stereocenters. The molecule has 0 aliphatic rings. The molecule has 1 aromatic heterocycles. The Kier molecular flexibility index (Phi) is 5.93. The first-order valence-corrected chi connectivity index (χ1v) is 11.6. The summed E-state index contributed by atoms with van der Waals surface area (Å²) in [6.07, 6.45) is 1.45. The van der Waals surface area contributed by atoms with Crippen LogP contribution in [0.4, 0.5) is 11.4 Å². The molecule has 168 valence electrons. The minimum atomic E-state index is -3.86. The highest BCUT2D eigenvalue weighted by Gasteiger charge is 2.19. The second kappa shape index (κ2) is 8.83. The van der Waals surface area contributed by atoms with E-state index in [4.69, 9.17) is 0 Å². The number of anilines is 2. The van der Waals surface area contributed by atoms with E-state index >= 15 is 0 Å². The van der Waals surface area contributed by atoms with Crippen LogP contribution in [0.3, 0.4) is 0 Å². The van der Waals surface area contributed by atoms with Crippen LogP contribution in [0.25, 0.3) is 5.69 Å². The van der Waals surface area contributed by atoms with Gasteiger partial charge in [0.05, 0.1) is 16.3 Å². The summed E-state index contributed by atoms with van der Waals surface area (Å²) < 4.78 is 30.3. The molecule has 0 fully saturated rings. The van der Waals surface area contributed by atoms with Crippen LogP contribution >= 0.6 is 0 Å². The van der Waals surface area contributed by atoms with E-state index in [9.17, 15) is 13.2 Å². The number of amides is 1. The summed E-state index contributed by atoms with van der Waals surface area (Å²) in [4.78, 5) is 12.8. The standard InChI is InChI=1S/C23H22N6O3S/c1-15-4-11-21(17(3)12-15)26-33(31,32)22-13-19(8-5-16(22)2)25-23(30)18-6-9-20(10-7-18)29-14-24-27-28-29/h4-14,26H,1-3H3,(H,25,30). The topological polar surface area (TPSA) is 119 Å². The summed E-state index contributed by atoms with van der Waals surface area (Å²) in [6, 6.07) is 17.0. The summed E-state index contributed by atoms with van der Waals surface area (Å²) in [5, 5.41) is 13.7. The molecule has 0 radical (unpaired) electrons. The maximum absolute atomic E-state index is 13.1. The number of aryl methyl sites for hydroxylation is 3. The minimum Gasteiger partial charge on any atom is -0.322 e. The van der Waals surface area contributed by atoms with Gasteiger partial charge in [-0.2, -0.15) is 0 Å². The first-order chi connectivity index (χ1) is 15.7. The number of carbonyl (C=O) groups excluding carboxylic acids is 1. The van der Waals surface area contributed by atoms with Crippen LogP contribution in [0.1, 0.15) is 27.0 Å². The number of hydrogen-bond donors (Lipinski definition) is 2. The molecule has 0 spiro atoms. The normalized spacial score (nSPS) is 11.2. The molecule has 0 aliphatic heterocycles. The number of tetrazole rings is 1. The van der Waals surface area contributed by atoms with Crippen molar-refractivity contribution in [1.29, 1.82) is 0 Å². The molecule has 0 saturated carbocycles. The Hall–Kier alpha value is -4.05. The van der Waals surface area contributed by atoms with Crippen LogP contribution < -0.4 is 10.0 Å². The highest BCUT2D eigenvalue weighted by molar-refractivity contribution is 7.92. The predicted molar refractivity (Wildman–Crippen MR) is 125 cm³/mol. The van der Waals surface area contributed by atoms with Crippen molar-refractivity contribution in [2.45, 2.75) is 25.7 Å². The lowest BCUT2D eigenvalue weighted by Gasteiger charge is -2.14. The number of hydrogen-bond acceptors (Lipinski definition) is 6. The van der Waals surface area contributed by atoms with Crippen molar-refractivity contribution in [1.82, 2.24) is 20.2 Å². The highest BCUT2D eigenvalue weighted by atomic mass is 32.2. The molecule has 0 aliphatic carbocycles. The Bertz CT molecular complexity index is 1420. The third-order valence-corrected chi connectivity index (χ3v) is 6.61. The van der Waals surface area contributed by atoms with E-state index in [2.05, 4.69) is 25.6 Å². The highest BCUT2D eigenvalue weighted by Crippen LogP contribution is 2.25. The van der Waals surface area contributed by atoms with Crippen LogP contribution in [-0.2, 0) is 10.0 Å². The number of rotatable bonds is 6. The maximum Gasteiger partial charge on any atom is 0.262 e. The fourth-order valence-corrected chi connectivity index (χ4v) is 4.75. The van der Waals surface area contributed by atoms with E-state index in [-0.39, 0.29) is 10.8 Å². The van der Waals surface area contributed by atoms with Crippen LogP contribution in [0, 0.1) is 20.8 Å². The summed E-state index contributed by atoms with van der Waals surface area (Å²) in [6.45, 7) is 5.50. The van der Waals surface area contributed by atoms with Gasteiger partial charge in [0.2, 0.25) is 0 Å². The maximum atomic E-state index is 13.1. The van der Waals surface area contributed by atoms with Crippen molar-refractivity contribution in [2.75, 3.05) is 10.0 Å². The van der Waals surface area contributed by atoms with Gasteiger partial charge in [-0.1, -0.05) is 23.8 Å². The van der Waals surface area contributed by atoms with Crippen LogP contribution in [0.2, 0.25) is 0 Å². The second-order valence-corrected chi connectivity index (χ2v) is 9.31. The van der Waals surface area contributed by atoms with Gasteiger partial charge in [-0.3, -0.25) is 9.52 Å². The number of sulfonamides is 1. The van der Waals surface area contributed by atoms with E-state index in [1.54, 1.807) is 49.4 Å². The fraction of sp³-hybridized carbons (Fsp3) is 0.130. The van der Waals surface area contributed by atoms with Crippen molar-refractivity contribution >= 4 is 27.3 Å². The molecule has 0 saturated heterocycles. The van der Waals surface area contributed by atoms with E-state index in [0.717, 1.165) is 11.1 Å². The van der Waals surface area contributed by atoms with Gasteiger partial charge in [-0.15, -0.1) is 5.10 Å². The van der Waals surface area contributed by atoms with Crippen molar-refractivity contribution < 1.29 is 13.2 Å². The molecule has 4 rings (SSSR count).